The lowest BCUT2D eigenvalue weighted by molar-refractivity contribution is 0.543. The molecule has 4 nitrogen and oxygen atoms in total. The van der Waals surface area contributed by atoms with Crippen molar-refractivity contribution in [3.05, 3.63) is 118 Å². The van der Waals surface area contributed by atoms with Gasteiger partial charge < -0.3 is 9.97 Å². The van der Waals surface area contributed by atoms with Crippen LogP contribution in [0.15, 0.2) is 72.8 Å². The Morgan fingerprint density at radius 2 is 1.19 bits per heavy atom. The number of rotatable bonds is 2. The third kappa shape index (κ3) is 4.57. The molecule has 0 radical (unpaired) electrons. The van der Waals surface area contributed by atoms with Crippen LogP contribution in [0, 0.1) is 27.7 Å². The molecule has 0 spiro atoms. The van der Waals surface area contributed by atoms with E-state index in [-0.39, 0.29) is 5.41 Å². The highest BCUT2D eigenvalue weighted by Gasteiger charge is 2.28. The van der Waals surface area contributed by atoms with Gasteiger partial charge in [0.1, 0.15) is 0 Å². The summed E-state index contributed by atoms with van der Waals surface area (Å²) in [6.45, 7) is 13.2. The monoisotopic (exact) mass is 548 g/mol. The minimum absolute atomic E-state index is 0.0564. The molecule has 2 aromatic carbocycles. The Morgan fingerprint density at radius 3 is 1.86 bits per heavy atom. The Balaban J connectivity index is 1.65. The molecular weight excluding hydrogens is 512 g/mol. The van der Waals surface area contributed by atoms with Gasteiger partial charge >= 0.3 is 0 Å². The number of fused-ring (bicyclic) bond motifs is 8. The molecule has 2 aliphatic rings. The number of hydrogen-bond acceptors (Lipinski definition) is 2. The van der Waals surface area contributed by atoms with Gasteiger partial charge in [0.2, 0.25) is 0 Å². The van der Waals surface area contributed by atoms with Crippen molar-refractivity contribution in [3.8, 4) is 22.3 Å². The maximum atomic E-state index is 5.35. The number of nitrogens with zero attached hydrogens (tertiary/aromatic N) is 2. The fraction of sp³-hybridized carbons (Fsp3) is 0.211. The number of H-pyrrole nitrogens is 2. The maximum absolute atomic E-state index is 5.35. The first-order chi connectivity index (χ1) is 20.1. The predicted molar refractivity (Wildman–Crippen MR) is 176 cm³/mol. The van der Waals surface area contributed by atoms with Crippen LogP contribution >= 0.6 is 0 Å². The highest BCUT2D eigenvalue weighted by Crippen LogP contribution is 2.38. The molecule has 0 amide bonds. The molecule has 2 aliphatic heterocycles. The van der Waals surface area contributed by atoms with Crippen LogP contribution in [0.25, 0.3) is 56.5 Å². The van der Waals surface area contributed by atoms with E-state index < -0.39 is 0 Å². The quantitative estimate of drug-likeness (QED) is 0.226. The average Bonchev–Trinajstić information content (AvgIpc) is 3.72. The molecule has 3 aromatic heterocycles. The van der Waals surface area contributed by atoms with Crippen molar-refractivity contribution >= 4 is 34.2 Å². The third-order valence-electron chi connectivity index (χ3n) is 8.57. The average molecular weight is 549 g/mol. The van der Waals surface area contributed by atoms with Crippen LogP contribution in [0.3, 0.4) is 0 Å². The molecule has 0 saturated carbocycles. The third-order valence-corrected chi connectivity index (χ3v) is 8.57. The van der Waals surface area contributed by atoms with Crippen LogP contribution in [0.1, 0.15) is 58.9 Å². The van der Waals surface area contributed by atoms with Gasteiger partial charge in [-0.1, -0.05) is 61.4 Å². The van der Waals surface area contributed by atoms with Crippen molar-refractivity contribution in [2.24, 2.45) is 0 Å². The number of nitrogens with one attached hydrogen (secondary N) is 2. The Bertz CT molecular complexity index is 2040. The van der Waals surface area contributed by atoms with Gasteiger partial charge in [0, 0.05) is 56.4 Å². The number of aromatic nitrogens is 4. The van der Waals surface area contributed by atoms with Gasteiger partial charge in [-0.25, -0.2) is 4.98 Å². The summed E-state index contributed by atoms with van der Waals surface area (Å²) in [7, 11) is 0. The summed E-state index contributed by atoms with van der Waals surface area (Å²) in [5.41, 5.74) is 17.8. The summed E-state index contributed by atoms with van der Waals surface area (Å²) < 4.78 is 0. The van der Waals surface area contributed by atoms with E-state index in [4.69, 9.17) is 9.97 Å². The van der Waals surface area contributed by atoms with Crippen molar-refractivity contribution < 1.29 is 0 Å². The van der Waals surface area contributed by atoms with Crippen LogP contribution in [-0.4, -0.2) is 19.9 Å². The van der Waals surface area contributed by atoms with Gasteiger partial charge in [0.15, 0.2) is 0 Å². The minimum atomic E-state index is -0.0564. The van der Waals surface area contributed by atoms with Gasteiger partial charge in [-0.05, 0) is 98.5 Å². The number of hydrogen-bond donors (Lipinski definition) is 2. The summed E-state index contributed by atoms with van der Waals surface area (Å²) in [6.07, 6.45) is 5.22. The molecule has 2 N–H and O–H groups in total. The fourth-order valence-corrected chi connectivity index (χ4v) is 6.59. The van der Waals surface area contributed by atoms with Crippen molar-refractivity contribution in [2.75, 3.05) is 0 Å². The molecule has 0 fully saturated rings. The smallest absolute Gasteiger partial charge is 0.0737 e. The zero-order valence-corrected chi connectivity index (χ0v) is 25.2. The highest BCUT2D eigenvalue weighted by atomic mass is 14.8. The highest BCUT2D eigenvalue weighted by molar-refractivity contribution is 5.96. The molecule has 42 heavy (non-hydrogen) atoms. The lowest BCUT2D eigenvalue weighted by Gasteiger charge is -2.15. The second-order valence-electron chi connectivity index (χ2n) is 12.6. The first kappa shape index (κ1) is 26.2. The van der Waals surface area contributed by atoms with E-state index in [0.29, 0.717) is 0 Å². The van der Waals surface area contributed by atoms with Gasteiger partial charge in [-0.3, -0.25) is 4.98 Å². The van der Waals surface area contributed by atoms with Gasteiger partial charge in [-0.15, -0.1) is 0 Å². The maximum Gasteiger partial charge on any atom is 0.0737 e. The number of aryl methyl sites for hydroxylation is 4. The van der Waals surface area contributed by atoms with E-state index in [0.717, 1.165) is 68.0 Å². The Hall–Kier alpha value is -4.70. The van der Waals surface area contributed by atoms with Crippen LogP contribution in [0.2, 0.25) is 0 Å². The fourth-order valence-electron chi connectivity index (χ4n) is 6.59. The standard InChI is InChI=1S/C38H36N4/c1-22-7-9-26(10-8-22)36-30-13-12-28(40-30)20-34-38(5,6)21-29(41-34)19-27-11-14-32(39-27)37(33-16-15-31(36)42-33)35-24(3)17-23(2)18-25(35)4/h7-20,39-40H,21H2,1-6H3. The lowest BCUT2D eigenvalue weighted by atomic mass is 9.87. The van der Waals surface area contributed by atoms with Crippen molar-refractivity contribution in [3.63, 3.8) is 0 Å². The summed E-state index contributed by atoms with van der Waals surface area (Å²) in [5, 5.41) is 0. The van der Waals surface area contributed by atoms with Crippen molar-refractivity contribution in [1.82, 2.24) is 19.9 Å². The van der Waals surface area contributed by atoms with E-state index in [1.165, 1.54) is 27.8 Å². The largest absolute Gasteiger partial charge is 0.355 e. The molecule has 5 aromatic rings. The Labute approximate surface area is 247 Å². The van der Waals surface area contributed by atoms with Crippen LogP contribution < -0.4 is 0 Å². The van der Waals surface area contributed by atoms with E-state index in [1.54, 1.807) is 0 Å². The Kier molecular flexibility index (Phi) is 6.05. The molecule has 208 valence electrons. The topological polar surface area (TPSA) is 57.4 Å². The predicted octanol–water partition coefficient (Wildman–Crippen LogP) is 9.57. The zero-order valence-electron chi connectivity index (χ0n) is 25.2. The summed E-state index contributed by atoms with van der Waals surface area (Å²) in [4.78, 5) is 17.9. The molecule has 0 saturated heterocycles. The van der Waals surface area contributed by atoms with E-state index in [9.17, 15) is 0 Å². The second-order valence-corrected chi connectivity index (χ2v) is 12.6. The van der Waals surface area contributed by atoms with Crippen LogP contribution in [0.5, 0.6) is 0 Å². The SMILES string of the molecule is Cc1ccc(-c2c3nc(c(-c4c(C)cc(C)cc4C)c4ccc(cc5nc(cc6ccc2[nH]6)C(C)(C)C5)[nH]4)C=C3)cc1. The minimum Gasteiger partial charge on any atom is -0.355 e. The second kappa shape index (κ2) is 9.70. The van der Waals surface area contributed by atoms with E-state index in [1.807, 2.05) is 0 Å². The summed E-state index contributed by atoms with van der Waals surface area (Å²) >= 11 is 0. The van der Waals surface area contributed by atoms with Crippen LogP contribution in [0.4, 0.5) is 0 Å². The van der Waals surface area contributed by atoms with E-state index in [2.05, 4.69) is 136 Å². The normalized spacial score (nSPS) is 14.0. The van der Waals surface area contributed by atoms with Gasteiger partial charge in [-0.2, -0.15) is 0 Å². The molecule has 4 heteroatoms. The Morgan fingerprint density at radius 1 is 0.595 bits per heavy atom. The number of benzene rings is 2. The molecule has 0 atom stereocenters. The van der Waals surface area contributed by atoms with Crippen molar-refractivity contribution in [2.45, 2.75) is 53.4 Å². The summed E-state index contributed by atoms with van der Waals surface area (Å²) in [6, 6.07) is 26.3. The molecule has 5 heterocycles. The summed E-state index contributed by atoms with van der Waals surface area (Å²) in [5.74, 6) is 0. The van der Waals surface area contributed by atoms with Gasteiger partial charge in [0.25, 0.3) is 0 Å². The molecule has 0 unspecified atom stereocenters. The van der Waals surface area contributed by atoms with Gasteiger partial charge in [0.05, 0.1) is 11.4 Å². The molecule has 0 aliphatic carbocycles. The molecule has 7 rings (SSSR count). The number of aromatic amines is 2. The first-order valence-corrected chi connectivity index (χ1v) is 14.7. The molecular formula is C38H36N4. The van der Waals surface area contributed by atoms with E-state index >= 15 is 0 Å². The van der Waals surface area contributed by atoms with Crippen LogP contribution in [-0.2, 0) is 11.8 Å². The lowest BCUT2D eigenvalue weighted by Crippen LogP contribution is -2.14. The zero-order chi connectivity index (χ0) is 29.2. The first-order valence-electron chi connectivity index (χ1n) is 14.7. The van der Waals surface area contributed by atoms with Crippen molar-refractivity contribution in [1.29, 1.82) is 0 Å². The molecule has 8 bridgehead atoms.